The molecule has 1 aromatic rings. The number of benzene rings is 1. The molecule has 0 spiro atoms. The third-order valence-electron chi connectivity index (χ3n) is 2.95. The lowest BCUT2D eigenvalue weighted by Gasteiger charge is -2.16. The van der Waals surface area contributed by atoms with E-state index in [4.69, 9.17) is 11.5 Å². The van der Waals surface area contributed by atoms with Crippen LogP contribution in [0.5, 0.6) is 0 Å². The smallest absolute Gasteiger partial charge is 0.248 e. The number of carbonyl (C=O) groups excluding carboxylic acids is 2. The van der Waals surface area contributed by atoms with Crippen LogP contribution < -0.4 is 16.8 Å². The van der Waals surface area contributed by atoms with Crippen LogP contribution in [0.3, 0.4) is 0 Å². The van der Waals surface area contributed by atoms with Gasteiger partial charge in [-0.2, -0.15) is 0 Å². The van der Waals surface area contributed by atoms with Crippen LogP contribution in [-0.4, -0.2) is 17.9 Å². The zero-order valence-electron chi connectivity index (χ0n) is 11.9. The van der Waals surface area contributed by atoms with E-state index in [9.17, 15) is 14.0 Å². The van der Waals surface area contributed by atoms with E-state index in [1.165, 1.54) is 13.0 Å². The van der Waals surface area contributed by atoms with Crippen LogP contribution in [-0.2, 0) is 4.79 Å². The number of primary amides is 1. The molecular formula is C14H20FN3O2. The first-order valence-electron chi connectivity index (χ1n) is 6.38. The zero-order valence-corrected chi connectivity index (χ0v) is 11.9. The highest BCUT2D eigenvalue weighted by Gasteiger charge is 2.18. The zero-order chi connectivity index (χ0) is 15.4. The van der Waals surface area contributed by atoms with Crippen molar-refractivity contribution in [2.45, 2.75) is 33.2 Å². The minimum absolute atomic E-state index is 0.000769. The molecule has 0 saturated heterocycles. The first-order valence-corrected chi connectivity index (χ1v) is 6.38. The third kappa shape index (κ3) is 4.03. The van der Waals surface area contributed by atoms with Crippen molar-refractivity contribution >= 4 is 17.5 Å². The molecule has 1 atom stereocenters. The maximum absolute atomic E-state index is 13.7. The van der Waals surface area contributed by atoms with Gasteiger partial charge in [-0.25, -0.2) is 4.39 Å². The Morgan fingerprint density at radius 2 is 1.95 bits per heavy atom. The first kappa shape index (κ1) is 16.1. The van der Waals surface area contributed by atoms with Gasteiger partial charge in [-0.1, -0.05) is 13.8 Å². The Morgan fingerprint density at radius 1 is 1.35 bits per heavy atom. The second kappa shape index (κ2) is 6.47. The van der Waals surface area contributed by atoms with Crippen LogP contribution >= 0.6 is 0 Å². The van der Waals surface area contributed by atoms with E-state index >= 15 is 0 Å². The molecule has 2 amide bonds. The van der Waals surface area contributed by atoms with Gasteiger partial charge in [0.1, 0.15) is 5.82 Å². The van der Waals surface area contributed by atoms with Crippen molar-refractivity contribution < 1.29 is 14.0 Å². The molecule has 1 rings (SSSR count). The summed E-state index contributed by atoms with van der Waals surface area (Å²) in [4.78, 5) is 23.0. The molecule has 0 unspecified atom stereocenters. The number of carbonyl (C=O) groups is 2. The van der Waals surface area contributed by atoms with E-state index in [1.54, 1.807) is 0 Å². The molecule has 6 heteroatoms. The van der Waals surface area contributed by atoms with Crippen molar-refractivity contribution in [1.82, 2.24) is 0 Å². The van der Waals surface area contributed by atoms with E-state index in [0.29, 0.717) is 6.42 Å². The van der Waals surface area contributed by atoms with Gasteiger partial charge >= 0.3 is 0 Å². The Kier molecular flexibility index (Phi) is 5.21. The molecule has 0 aromatic heterocycles. The first-order chi connectivity index (χ1) is 9.22. The standard InChI is InChI=1S/C14H20FN3O2/c1-7(2)4-11(16)14(20)18-12-6-9(13(17)19)5-10(15)8(12)3/h5-7,11H,4,16H2,1-3H3,(H2,17,19)(H,18,20)/t11-/m0/s1. The number of nitrogens with two attached hydrogens (primary N) is 2. The lowest BCUT2D eigenvalue weighted by Crippen LogP contribution is -2.37. The summed E-state index contributed by atoms with van der Waals surface area (Å²) in [5.74, 6) is -1.51. The van der Waals surface area contributed by atoms with Crippen LogP contribution in [0.4, 0.5) is 10.1 Å². The quantitative estimate of drug-likeness (QED) is 0.763. The van der Waals surface area contributed by atoms with E-state index in [1.807, 2.05) is 13.8 Å². The fourth-order valence-electron chi connectivity index (χ4n) is 1.79. The average molecular weight is 281 g/mol. The lowest BCUT2D eigenvalue weighted by atomic mass is 10.0. The summed E-state index contributed by atoms with van der Waals surface area (Å²) in [6.45, 7) is 5.40. The second-order valence-electron chi connectivity index (χ2n) is 5.22. The summed E-state index contributed by atoms with van der Waals surface area (Å²) in [5.41, 5.74) is 11.3. The van der Waals surface area contributed by atoms with Crippen molar-refractivity contribution in [2.75, 3.05) is 5.32 Å². The molecule has 20 heavy (non-hydrogen) atoms. The Morgan fingerprint density at radius 3 is 2.45 bits per heavy atom. The molecule has 0 saturated carbocycles. The lowest BCUT2D eigenvalue weighted by molar-refractivity contribution is -0.117. The van der Waals surface area contributed by atoms with Gasteiger partial charge in [0.05, 0.1) is 6.04 Å². The monoisotopic (exact) mass is 281 g/mol. The number of amides is 2. The normalized spacial score (nSPS) is 12.3. The third-order valence-corrected chi connectivity index (χ3v) is 2.95. The molecule has 0 aliphatic heterocycles. The topological polar surface area (TPSA) is 98.2 Å². The molecule has 110 valence electrons. The van der Waals surface area contributed by atoms with Crippen LogP contribution in [0.1, 0.15) is 36.2 Å². The number of hydrogen-bond acceptors (Lipinski definition) is 3. The SMILES string of the molecule is Cc1c(F)cc(C(N)=O)cc1NC(=O)[C@@H](N)CC(C)C. The molecule has 0 aliphatic rings. The van der Waals surface area contributed by atoms with Crippen LogP contribution in [0.2, 0.25) is 0 Å². The summed E-state index contributed by atoms with van der Waals surface area (Å²) in [6.07, 6.45) is 0.517. The van der Waals surface area contributed by atoms with Gasteiger partial charge in [0, 0.05) is 16.8 Å². The van der Waals surface area contributed by atoms with Gasteiger partial charge in [0.25, 0.3) is 0 Å². The Hall–Kier alpha value is -1.95. The van der Waals surface area contributed by atoms with E-state index in [2.05, 4.69) is 5.32 Å². The van der Waals surface area contributed by atoms with Crippen molar-refractivity contribution in [3.05, 3.63) is 29.1 Å². The Labute approximate surface area is 117 Å². The fraction of sp³-hybridized carbons (Fsp3) is 0.429. The number of hydrogen-bond donors (Lipinski definition) is 3. The molecular weight excluding hydrogens is 261 g/mol. The molecule has 0 fully saturated rings. The summed E-state index contributed by atoms with van der Waals surface area (Å²) < 4.78 is 13.7. The molecule has 1 aromatic carbocycles. The number of rotatable bonds is 5. The summed E-state index contributed by atoms with van der Waals surface area (Å²) in [7, 11) is 0. The number of nitrogens with one attached hydrogen (secondary N) is 1. The Bertz CT molecular complexity index is 529. The molecule has 0 aliphatic carbocycles. The summed E-state index contributed by atoms with van der Waals surface area (Å²) >= 11 is 0. The fourth-order valence-corrected chi connectivity index (χ4v) is 1.79. The van der Waals surface area contributed by atoms with Crippen molar-refractivity contribution in [3.63, 3.8) is 0 Å². The minimum atomic E-state index is -0.758. The molecule has 0 radical (unpaired) electrons. The number of anilines is 1. The van der Waals surface area contributed by atoms with Crippen molar-refractivity contribution in [1.29, 1.82) is 0 Å². The van der Waals surface area contributed by atoms with Gasteiger partial charge in [0.2, 0.25) is 11.8 Å². The van der Waals surface area contributed by atoms with Crippen LogP contribution in [0.15, 0.2) is 12.1 Å². The minimum Gasteiger partial charge on any atom is -0.366 e. The van der Waals surface area contributed by atoms with Crippen molar-refractivity contribution in [2.24, 2.45) is 17.4 Å². The highest BCUT2D eigenvalue weighted by Crippen LogP contribution is 2.21. The highest BCUT2D eigenvalue weighted by atomic mass is 19.1. The van der Waals surface area contributed by atoms with Crippen LogP contribution in [0, 0.1) is 18.7 Å². The van der Waals surface area contributed by atoms with E-state index < -0.39 is 23.7 Å². The maximum atomic E-state index is 13.7. The second-order valence-corrected chi connectivity index (χ2v) is 5.22. The van der Waals surface area contributed by atoms with Crippen LogP contribution in [0.25, 0.3) is 0 Å². The molecule has 5 nitrogen and oxygen atoms in total. The van der Waals surface area contributed by atoms with Gasteiger partial charge in [-0.05, 0) is 31.4 Å². The van der Waals surface area contributed by atoms with Gasteiger partial charge in [-0.3, -0.25) is 9.59 Å². The van der Waals surface area contributed by atoms with Crippen molar-refractivity contribution in [3.8, 4) is 0 Å². The molecule has 5 N–H and O–H groups in total. The molecule has 0 bridgehead atoms. The van der Waals surface area contributed by atoms with E-state index in [-0.39, 0.29) is 22.7 Å². The van der Waals surface area contributed by atoms with Gasteiger partial charge in [0.15, 0.2) is 0 Å². The number of halogens is 1. The molecule has 0 heterocycles. The predicted molar refractivity (Wildman–Crippen MR) is 75.7 cm³/mol. The average Bonchev–Trinajstić information content (AvgIpc) is 2.33. The summed E-state index contributed by atoms with van der Waals surface area (Å²) in [5, 5.41) is 2.54. The van der Waals surface area contributed by atoms with Gasteiger partial charge in [-0.15, -0.1) is 0 Å². The predicted octanol–water partition coefficient (Wildman–Crippen LogP) is 1.54. The Balaban J connectivity index is 2.97. The highest BCUT2D eigenvalue weighted by molar-refractivity contribution is 5.98. The maximum Gasteiger partial charge on any atom is 0.248 e. The largest absolute Gasteiger partial charge is 0.366 e. The van der Waals surface area contributed by atoms with E-state index in [0.717, 1.165) is 6.07 Å². The summed E-state index contributed by atoms with van der Waals surface area (Å²) in [6, 6.07) is 1.71. The van der Waals surface area contributed by atoms with Gasteiger partial charge < -0.3 is 16.8 Å².